The summed E-state index contributed by atoms with van der Waals surface area (Å²) in [5.74, 6) is -0.950. The van der Waals surface area contributed by atoms with Gasteiger partial charge in [-0.2, -0.15) is 11.3 Å². The van der Waals surface area contributed by atoms with E-state index in [0.29, 0.717) is 5.69 Å². The van der Waals surface area contributed by atoms with Crippen LogP contribution in [-0.4, -0.2) is 37.2 Å². The van der Waals surface area contributed by atoms with Crippen molar-refractivity contribution < 1.29 is 23.9 Å². The summed E-state index contributed by atoms with van der Waals surface area (Å²) >= 11 is 1.40. The summed E-state index contributed by atoms with van der Waals surface area (Å²) in [6.07, 6.45) is -0.707. The minimum absolute atomic E-state index is 0.102. The number of nitrogens with zero attached hydrogens (tertiary/aromatic N) is 1. The van der Waals surface area contributed by atoms with Gasteiger partial charge in [-0.25, -0.2) is 4.79 Å². The predicted molar refractivity (Wildman–Crippen MR) is 103 cm³/mol. The standard InChI is InChI=1S/C19H22N2O5S/c1-3-25-17(22)11-21(16-9-10-27-13-16)18(23)14(2)20-19(24)26-12-15-7-5-4-6-8-15/h4-10,13-14H,3,11-12H2,1-2H3,(H,20,24)/t14-/m0/s1. The molecule has 0 unspecified atom stereocenters. The molecule has 1 atom stereocenters. The van der Waals surface area contributed by atoms with Gasteiger partial charge in [-0.3, -0.25) is 14.5 Å². The fraction of sp³-hybridized carbons (Fsp3) is 0.316. The van der Waals surface area contributed by atoms with Crippen LogP contribution in [0, 0.1) is 0 Å². The molecule has 1 aromatic carbocycles. The van der Waals surface area contributed by atoms with Gasteiger partial charge < -0.3 is 14.8 Å². The van der Waals surface area contributed by atoms with Crippen LogP contribution in [0.4, 0.5) is 10.5 Å². The summed E-state index contributed by atoms with van der Waals surface area (Å²) < 4.78 is 10.1. The number of carbonyl (C=O) groups is 3. The highest BCUT2D eigenvalue weighted by Gasteiger charge is 2.26. The number of hydrogen-bond acceptors (Lipinski definition) is 6. The van der Waals surface area contributed by atoms with Gasteiger partial charge in [0.15, 0.2) is 0 Å². The lowest BCUT2D eigenvalue weighted by Crippen LogP contribution is -2.49. The summed E-state index contributed by atoms with van der Waals surface area (Å²) in [4.78, 5) is 37.8. The van der Waals surface area contributed by atoms with Crippen LogP contribution in [0.25, 0.3) is 0 Å². The highest BCUT2D eigenvalue weighted by molar-refractivity contribution is 7.08. The van der Waals surface area contributed by atoms with Crippen molar-refractivity contribution >= 4 is 35.0 Å². The number of hydrogen-bond donors (Lipinski definition) is 1. The number of benzene rings is 1. The molecule has 0 saturated carbocycles. The van der Waals surface area contributed by atoms with E-state index in [2.05, 4.69) is 5.32 Å². The summed E-state index contributed by atoms with van der Waals surface area (Å²) in [6.45, 7) is 3.33. The minimum Gasteiger partial charge on any atom is -0.465 e. The first-order chi connectivity index (χ1) is 13.0. The van der Waals surface area contributed by atoms with Gasteiger partial charge in [0.1, 0.15) is 19.2 Å². The van der Waals surface area contributed by atoms with Gasteiger partial charge >= 0.3 is 12.1 Å². The molecule has 2 amide bonds. The van der Waals surface area contributed by atoms with Crippen molar-refractivity contribution in [2.75, 3.05) is 18.1 Å². The highest BCUT2D eigenvalue weighted by Crippen LogP contribution is 2.19. The van der Waals surface area contributed by atoms with E-state index in [1.807, 2.05) is 30.3 Å². The zero-order valence-corrected chi connectivity index (χ0v) is 16.0. The van der Waals surface area contributed by atoms with Crippen LogP contribution in [0.3, 0.4) is 0 Å². The molecular formula is C19H22N2O5S. The number of carbonyl (C=O) groups excluding carboxylic acids is 3. The van der Waals surface area contributed by atoms with Crippen LogP contribution in [0.2, 0.25) is 0 Å². The van der Waals surface area contributed by atoms with Gasteiger partial charge in [0.2, 0.25) is 5.91 Å². The molecule has 1 N–H and O–H groups in total. The topological polar surface area (TPSA) is 84.9 Å². The maximum absolute atomic E-state index is 12.7. The van der Waals surface area contributed by atoms with Crippen LogP contribution in [-0.2, 0) is 25.7 Å². The molecular weight excluding hydrogens is 368 g/mol. The first kappa shape index (κ1) is 20.4. The number of ether oxygens (including phenoxy) is 2. The maximum atomic E-state index is 12.7. The summed E-state index contributed by atoms with van der Waals surface area (Å²) in [5, 5.41) is 6.04. The molecule has 1 heterocycles. The molecule has 0 aliphatic heterocycles. The van der Waals surface area contributed by atoms with Crippen molar-refractivity contribution in [2.24, 2.45) is 0 Å². The molecule has 2 aromatic rings. The number of anilines is 1. The van der Waals surface area contributed by atoms with Crippen molar-refractivity contribution in [1.82, 2.24) is 5.32 Å². The Morgan fingerprint density at radius 2 is 1.89 bits per heavy atom. The first-order valence-electron chi connectivity index (χ1n) is 8.47. The Kier molecular flexibility index (Phi) is 7.81. The van der Waals surface area contributed by atoms with E-state index >= 15 is 0 Å². The van der Waals surface area contributed by atoms with Crippen LogP contribution >= 0.6 is 11.3 Å². The molecule has 0 radical (unpaired) electrons. The van der Waals surface area contributed by atoms with Gasteiger partial charge in [0.25, 0.3) is 0 Å². The minimum atomic E-state index is -0.873. The van der Waals surface area contributed by atoms with Gasteiger partial charge in [0.05, 0.1) is 12.3 Å². The van der Waals surface area contributed by atoms with Crippen LogP contribution in [0.15, 0.2) is 47.2 Å². The third-order valence-electron chi connectivity index (χ3n) is 3.59. The lowest BCUT2D eigenvalue weighted by molar-refractivity contribution is -0.142. The summed E-state index contributed by atoms with van der Waals surface area (Å²) in [7, 11) is 0. The average Bonchev–Trinajstić information content (AvgIpc) is 3.19. The van der Waals surface area contributed by atoms with Gasteiger partial charge in [-0.1, -0.05) is 30.3 Å². The molecule has 0 saturated heterocycles. The van der Waals surface area contributed by atoms with Crippen LogP contribution in [0.5, 0.6) is 0 Å². The van der Waals surface area contributed by atoms with Crippen molar-refractivity contribution in [3.63, 3.8) is 0 Å². The number of nitrogens with one attached hydrogen (secondary N) is 1. The fourth-order valence-electron chi connectivity index (χ4n) is 2.28. The SMILES string of the molecule is CCOC(=O)CN(C(=O)[C@H](C)NC(=O)OCc1ccccc1)c1ccsc1. The van der Waals surface area contributed by atoms with Gasteiger partial charge in [0, 0.05) is 5.38 Å². The van der Waals surface area contributed by atoms with E-state index in [-0.39, 0.29) is 19.8 Å². The number of amides is 2. The number of esters is 1. The second-order valence-corrected chi connectivity index (χ2v) is 6.42. The summed E-state index contributed by atoms with van der Waals surface area (Å²) in [5.41, 5.74) is 1.41. The smallest absolute Gasteiger partial charge is 0.408 e. The van der Waals surface area contributed by atoms with Crippen LogP contribution in [0.1, 0.15) is 19.4 Å². The molecule has 0 fully saturated rings. The van der Waals surface area contributed by atoms with Crippen molar-refractivity contribution in [2.45, 2.75) is 26.5 Å². The van der Waals surface area contributed by atoms with E-state index < -0.39 is 24.0 Å². The Bertz CT molecular complexity index is 749. The highest BCUT2D eigenvalue weighted by atomic mass is 32.1. The molecule has 8 heteroatoms. The molecule has 0 aliphatic rings. The summed E-state index contributed by atoms with van der Waals surface area (Å²) in [6, 6.07) is 10.1. The Balaban J connectivity index is 1.95. The number of rotatable bonds is 8. The fourth-order valence-corrected chi connectivity index (χ4v) is 2.92. The lowest BCUT2D eigenvalue weighted by atomic mass is 10.2. The molecule has 0 spiro atoms. The molecule has 27 heavy (non-hydrogen) atoms. The molecule has 7 nitrogen and oxygen atoms in total. The monoisotopic (exact) mass is 390 g/mol. The van der Waals surface area contributed by atoms with E-state index in [1.165, 1.54) is 23.2 Å². The number of alkyl carbamates (subject to hydrolysis) is 1. The molecule has 144 valence electrons. The lowest BCUT2D eigenvalue weighted by Gasteiger charge is -2.24. The second kappa shape index (κ2) is 10.3. The second-order valence-electron chi connectivity index (χ2n) is 5.64. The quantitative estimate of drug-likeness (QED) is 0.701. The third kappa shape index (κ3) is 6.41. The van der Waals surface area contributed by atoms with Crippen molar-refractivity contribution in [3.05, 3.63) is 52.7 Å². The Hall–Kier alpha value is -2.87. The zero-order chi connectivity index (χ0) is 19.6. The van der Waals surface area contributed by atoms with Crippen molar-refractivity contribution in [1.29, 1.82) is 0 Å². The normalized spacial score (nSPS) is 11.3. The molecule has 2 rings (SSSR count). The largest absolute Gasteiger partial charge is 0.465 e. The first-order valence-corrected chi connectivity index (χ1v) is 9.42. The zero-order valence-electron chi connectivity index (χ0n) is 15.2. The third-order valence-corrected chi connectivity index (χ3v) is 4.26. The van der Waals surface area contributed by atoms with E-state index in [9.17, 15) is 14.4 Å². The van der Waals surface area contributed by atoms with Crippen LogP contribution < -0.4 is 10.2 Å². The average molecular weight is 390 g/mol. The Morgan fingerprint density at radius 3 is 2.52 bits per heavy atom. The maximum Gasteiger partial charge on any atom is 0.408 e. The van der Waals surface area contributed by atoms with Crippen molar-refractivity contribution in [3.8, 4) is 0 Å². The van der Waals surface area contributed by atoms with E-state index in [0.717, 1.165) is 5.56 Å². The molecule has 1 aromatic heterocycles. The number of thiophene rings is 1. The Morgan fingerprint density at radius 1 is 1.15 bits per heavy atom. The van der Waals surface area contributed by atoms with E-state index in [1.54, 1.807) is 23.8 Å². The van der Waals surface area contributed by atoms with E-state index in [4.69, 9.17) is 9.47 Å². The van der Waals surface area contributed by atoms with Gasteiger partial charge in [-0.15, -0.1) is 0 Å². The Labute approximate surface area is 161 Å². The molecule has 0 bridgehead atoms. The molecule has 0 aliphatic carbocycles. The predicted octanol–water partition coefficient (Wildman–Crippen LogP) is 2.96. The van der Waals surface area contributed by atoms with Gasteiger partial charge in [-0.05, 0) is 30.9 Å².